The van der Waals surface area contributed by atoms with Crippen molar-refractivity contribution >= 4 is 17.7 Å². The molecule has 4 aromatic rings. The first-order chi connectivity index (χ1) is 14.7. The van der Waals surface area contributed by atoms with Gasteiger partial charge in [0.05, 0.1) is 11.9 Å². The Balaban J connectivity index is 1.39. The van der Waals surface area contributed by atoms with Crippen LogP contribution in [0.3, 0.4) is 0 Å². The van der Waals surface area contributed by atoms with Crippen molar-refractivity contribution in [2.45, 2.75) is 13.1 Å². The number of amides is 1. The Morgan fingerprint density at radius 3 is 2.83 bits per heavy atom. The maximum Gasteiger partial charge on any atom is 0.254 e. The zero-order chi connectivity index (χ0) is 20.5. The van der Waals surface area contributed by atoms with E-state index in [-0.39, 0.29) is 5.91 Å². The van der Waals surface area contributed by atoms with Crippen molar-refractivity contribution in [1.29, 1.82) is 0 Å². The molecule has 1 aliphatic heterocycles. The Bertz CT molecular complexity index is 1220. The van der Waals surface area contributed by atoms with Gasteiger partial charge in [0.15, 0.2) is 0 Å². The van der Waals surface area contributed by atoms with Crippen LogP contribution in [0.1, 0.15) is 21.5 Å². The lowest BCUT2D eigenvalue weighted by Gasteiger charge is -2.15. The Morgan fingerprint density at radius 2 is 2.03 bits per heavy atom. The maximum atomic E-state index is 13.0. The highest BCUT2D eigenvalue weighted by atomic mass is 16.2. The monoisotopic (exact) mass is 397 g/mol. The lowest BCUT2D eigenvalue weighted by atomic mass is 10.0. The predicted octanol–water partition coefficient (Wildman–Crippen LogP) is 3.17. The van der Waals surface area contributed by atoms with Crippen LogP contribution in [0.5, 0.6) is 0 Å². The Labute approximate surface area is 173 Å². The molecule has 3 aromatic heterocycles. The Kier molecular flexibility index (Phi) is 4.44. The second-order valence-electron chi connectivity index (χ2n) is 7.12. The van der Waals surface area contributed by atoms with Gasteiger partial charge in [-0.15, -0.1) is 0 Å². The van der Waals surface area contributed by atoms with Crippen molar-refractivity contribution in [2.75, 3.05) is 5.32 Å². The van der Waals surface area contributed by atoms with Gasteiger partial charge in [0.1, 0.15) is 5.82 Å². The van der Waals surface area contributed by atoms with Gasteiger partial charge >= 0.3 is 0 Å². The molecule has 8 heteroatoms. The highest BCUT2D eigenvalue weighted by molar-refractivity contribution is 5.99. The fourth-order valence-electron chi connectivity index (χ4n) is 3.55. The van der Waals surface area contributed by atoms with Crippen molar-refractivity contribution in [3.63, 3.8) is 0 Å². The summed E-state index contributed by atoms with van der Waals surface area (Å²) in [5.74, 6) is 1.29. The van der Waals surface area contributed by atoms with Crippen molar-refractivity contribution in [2.24, 2.45) is 7.05 Å². The summed E-state index contributed by atoms with van der Waals surface area (Å²) in [5.41, 5.74) is 4.38. The number of aryl methyl sites for hydroxylation is 1. The van der Waals surface area contributed by atoms with Crippen LogP contribution in [0.25, 0.3) is 11.3 Å². The van der Waals surface area contributed by atoms with Gasteiger partial charge in [-0.1, -0.05) is 18.2 Å². The number of rotatable bonds is 5. The quantitative estimate of drug-likeness (QED) is 0.556. The van der Waals surface area contributed by atoms with Gasteiger partial charge in [-0.25, -0.2) is 9.97 Å². The second-order valence-corrected chi connectivity index (χ2v) is 7.12. The summed E-state index contributed by atoms with van der Waals surface area (Å²) in [6, 6.07) is 13.5. The molecular formula is C22H19N7O. The number of carbonyl (C=O) groups excluding carboxylic acids is 1. The molecule has 0 spiro atoms. The highest BCUT2D eigenvalue weighted by Gasteiger charge is 2.27. The smallest absolute Gasteiger partial charge is 0.254 e. The summed E-state index contributed by atoms with van der Waals surface area (Å²) in [5, 5.41) is 7.29. The third-order valence-electron chi connectivity index (χ3n) is 5.10. The summed E-state index contributed by atoms with van der Waals surface area (Å²) < 4.78 is 1.71. The van der Waals surface area contributed by atoms with E-state index < -0.39 is 0 Å². The molecule has 0 radical (unpaired) electrons. The molecule has 0 unspecified atom stereocenters. The minimum Gasteiger partial charge on any atom is -0.330 e. The van der Waals surface area contributed by atoms with Crippen molar-refractivity contribution in [3.05, 3.63) is 83.9 Å². The summed E-state index contributed by atoms with van der Waals surface area (Å²) in [7, 11) is 1.84. The molecule has 4 heterocycles. The summed E-state index contributed by atoms with van der Waals surface area (Å²) in [6.45, 7) is 1.14. The largest absolute Gasteiger partial charge is 0.330 e. The Morgan fingerprint density at radius 1 is 1.10 bits per heavy atom. The second kappa shape index (κ2) is 7.40. The lowest BCUT2D eigenvalue weighted by molar-refractivity contribution is 0.0766. The standard InChI is InChI=1S/C22H19N7O/c1-28-20(7-10-25-28)27-22-24-9-6-19(26-22)16-4-5-17-14-29(21(30)18(17)11-16)13-15-3-2-8-23-12-15/h2-12H,13-14H2,1H3,(H,24,26,27). The minimum absolute atomic E-state index is 0.0259. The number of aromatic nitrogens is 5. The zero-order valence-corrected chi connectivity index (χ0v) is 16.4. The van der Waals surface area contributed by atoms with Crippen LogP contribution >= 0.6 is 0 Å². The molecule has 0 saturated heterocycles. The molecule has 1 N–H and O–H groups in total. The van der Waals surface area contributed by atoms with Crippen molar-refractivity contribution < 1.29 is 4.79 Å². The van der Waals surface area contributed by atoms with Gasteiger partial charge in [-0.3, -0.25) is 14.5 Å². The average Bonchev–Trinajstić information content (AvgIpc) is 3.31. The molecule has 148 valence electrons. The van der Waals surface area contributed by atoms with E-state index in [1.54, 1.807) is 29.5 Å². The number of anilines is 2. The number of benzene rings is 1. The van der Waals surface area contributed by atoms with Crippen molar-refractivity contribution in [1.82, 2.24) is 29.6 Å². The van der Waals surface area contributed by atoms with E-state index in [1.807, 2.05) is 54.4 Å². The van der Waals surface area contributed by atoms with Crippen LogP contribution in [0, 0.1) is 0 Å². The fraction of sp³-hybridized carbons (Fsp3) is 0.136. The van der Waals surface area contributed by atoms with Gasteiger partial charge in [0, 0.05) is 55.9 Å². The van der Waals surface area contributed by atoms with Crippen LogP contribution in [-0.4, -0.2) is 35.5 Å². The number of hydrogen-bond acceptors (Lipinski definition) is 6. The predicted molar refractivity (Wildman–Crippen MR) is 112 cm³/mol. The van der Waals surface area contributed by atoms with Crippen LogP contribution < -0.4 is 5.32 Å². The number of carbonyl (C=O) groups is 1. The number of pyridine rings is 1. The van der Waals surface area contributed by atoms with E-state index in [2.05, 4.69) is 25.4 Å². The molecule has 1 aromatic carbocycles. The van der Waals surface area contributed by atoms with Gasteiger partial charge < -0.3 is 10.2 Å². The molecule has 0 saturated carbocycles. The van der Waals surface area contributed by atoms with Gasteiger partial charge in [-0.05, 0) is 29.3 Å². The molecule has 0 fully saturated rings. The number of nitrogens with one attached hydrogen (secondary N) is 1. The van der Waals surface area contributed by atoms with Gasteiger partial charge in [0.2, 0.25) is 5.95 Å². The lowest BCUT2D eigenvalue weighted by Crippen LogP contribution is -2.23. The number of hydrogen-bond donors (Lipinski definition) is 1. The van der Waals surface area contributed by atoms with E-state index in [9.17, 15) is 4.79 Å². The average molecular weight is 397 g/mol. The Hall–Kier alpha value is -4.07. The normalized spacial score (nSPS) is 12.8. The maximum absolute atomic E-state index is 13.0. The first-order valence-electron chi connectivity index (χ1n) is 9.57. The molecular weight excluding hydrogens is 378 g/mol. The topological polar surface area (TPSA) is 88.8 Å². The molecule has 30 heavy (non-hydrogen) atoms. The van der Waals surface area contributed by atoms with E-state index in [1.165, 1.54) is 0 Å². The van der Waals surface area contributed by atoms with Crippen LogP contribution in [-0.2, 0) is 20.1 Å². The summed E-state index contributed by atoms with van der Waals surface area (Å²) >= 11 is 0. The van der Waals surface area contributed by atoms with E-state index in [0.29, 0.717) is 19.0 Å². The molecule has 5 rings (SSSR count). The third-order valence-corrected chi connectivity index (χ3v) is 5.10. The SMILES string of the molecule is Cn1nccc1Nc1nccc(-c2ccc3c(c2)C(=O)N(Cc2cccnc2)C3)n1. The number of nitrogens with zero attached hydrogens (tertiary/aromatic N) is 6. The first-order valence-corrected chi connectivity index (χ1v) is 9.57. The molecule has 1 amide bonds. The van der Waals surface area contributed by atoms with Crippen LogP contribution in [0.4, 0.5) is 11.8 Å². The fourth-order valence-corrected chi connectivity index (χ4v) is 3.55. The van der Waals surface area contributed by atoms with Crippen LogP contribution in [0.15, 0.2) is 67.3 Å². The summed E-state index contributed by atoms with van der Waals surface area (Å²) in [4.78, 5) is 27.8. The minimum atomic E-state index is 0.0259. The van der Waals surface area contributed by atoms with Gasteiger partial charge in [0.25, 0.3) is 5.91 Å². The summed E-state index contributed by atoms with van der Waals surface area (Å²) in [6.07, 6.45) is 6.93. The molecule has 8 nitrogen and oxygen atoms in total. The van der Waals surface area contributed by atoms with Gasteiger partial charge in [-0.2, -0.15) is 5.10 Å². The van der Waals surface area contributed by atoms with Crippen LogP contribution in [0.2, 0.25) is 0 Å². The number of fused-ring (bicyclic) bond motifs is 1. The highest BCUT2D eigenvalue weighted by Crippen LogP contribution is 2.29. The zero-order valence-electron chi connectivity index (χ0n) is 16.4. The molecule has 1 aliphatic rings. The first kappa shape index (κ1) is 18.0. The molecule has 0 atom stereocenters. The third kappa shape index (κ3) is 3.39. The van der Waals surface area contributed by atoms with E-state index in [0.717, 1.165) is 33.8 Å². The molecule has 0 aliphatic carbocycles. The van der Waals surface area contributed by atoms with E-state index >= 15 is 0 Å². The molecule has 0 bridgehead atoms. The van der Waals surface area contributed by atoms with Crippen molar-refractivity contribution in [3.8, 4) is 11.3 Å². The van der Waals surface area contributed by atoms with E-state index in [4.69, 9.17) is 0 Å².